The van der Waals surface area contributed by atoms with Crippen LogP contribution in [0.5, 0.6) is 0 Å². The van der Waals surface area contributed by atoms with Gasteiger partial charge in [-0.05, 0) is 49.4 Å². The van der Waals surface area contributed by atoms with Gasteiger partial charge in [-0.2, -0.15) is 4.31 Å². The summed E-state index contributed by atoms with van der Waals surface area (Å²) in [6, 6.07) is 4.27. The Hall–Kier alpha value is -2.46. The van der Waals surface area contributed by atoms with Gasteiger partial charge in [0.2, 0.25) is 10.0 Å². The monoisotopic (exact) mass is 411 g/mol. The Morgan fingerprint density at radius 2 is 1.68 bits per heavy atom. The van der Waals surface area contributed by atoms with E-state index in [-0.39, 0.29) is 22.3 Å². The Balaban J connectivity index is 2.09. The maximum absolute atomic E-state index is 12.8. The molecule has 0 saturated carbocycles. The second-order valence-corrected chi connectivity index (χ2v) is 9.13. The molecule has 0 unspecified atom stereocenters. The van der Waals surface area contributed by atoms with Crippen molar-refractivity contribution in [1.82, 2.24) is 9.62 Å². The zero-order chi connectivity index (χ0) is 21.1. The van der Waals surface area contributed by atoms with Crippen molar-refractivity contribution in [1.29, 1.82) is 0 Å². The summed E-state index contributed by atoms with van der Waals surface area (Å²) in [5, 5.41) is 1.81. The molecule has 0 bridgehead atoms. The van der Waals surface area contributed by atoms with Gasteiger partial charge < -0.3 is 10.5 Å². The molecule has 28 heavy (non-hydrogen) atoms. The smallest absolute Gasteiger partial charge is 0.338 e. The van der Waals surface area contributed by atoms with E-state index in [1.165, 1.54) is 35.5 Å². The number of nitrogens with one attached hydrogen (secondary N) is 1. The molecule has 1 aromatic carbocycles. The molecule has 9 nitrogen and oxygen atoms in total. The predicted molar refractivity (Wildman–Crippen MR) is 101 cm³/mol. The average molecular weight is 411 g/mol. The van der Waals surface area contributed by atoms with E-state index in [4.69, 9.17) is 10.5 Å². The van der Waals surface area contributed by atoms with Gasteiger partial charge in [0.05, 0.1) is 10.5 Å². The van der Waals surface area contributed by atoms with Crippen molar-refractivity contribution in [2.75, 3.05) is 13.1 Å². The number of urea groups is 1. The molecule has 2 rings (SSSR count). The van der Waals surface area contributed by atoms with E-state index in [2.05, 4.69) is 0 Å². The summed E-state index contributed by atoms with van der Waals surface area (Å²) in [7, 11) is -3.65. The number of benzene rings is 1. The number of imide groups is 1. The van der Waals surface area contributed by atoms with Crippen molar-refractivity contribution in [3.05, 3.63) is 29.8 Å². The molecule has 1 saturated heterocycles. The highest BCUT2D eigenvalue weighted by molar-refractivity contribution is 7.89. The van der Waals surface area contributed by atoms with Gasteiger partial charge >= 0.3 is 12.0 Å². The van der Waals surface area contributed by atoms with Gasteiger partial charge in [-0.1, -0.05) is 13.8 Å². The molecule has 1 heterocycles. The molecule has 154 valence electrons. The Morgan fingerprint density at radius 1 is 1.14 bits per heavy atom. The number of primary amides is 1. The van der Waals surface area contributed by atoms with Gasteiger partial charge in [-0.25, -0.2) is 18.0 Å². The molecule has 3 atom stereocenters. The van der Waals surface area contributed by atoms with E-state index in [9.17, 15) is 22.8 Å². The molecule has 0 radical (unpaired) electrons. The summed E-state index contributed by atoms with van der Waals surface area (Å²) in [5.41, 5.74) is 4.92. The number of piperidine rings is 1. The summed E-state index contributed by atoms with van der Waals surface area (Å²) in [5.74, 6) is -1.12. The van der Waals surface area contributed by atoms with E-state index in [1.807, 2.05) is 19.2 Å². The molecule has 10 heteroatoms. The van der Waals surface area contributed by atoms with Gasteiger partial charge in [0, 0.05) is 13.1 Å². The summed E-state index contributed by atoms with van der Waals surface area (Å²) in [4.78, 5) is 34.4. The minimum Gasteiger partial charge on any atom is -0.449 e. The lowest BCUT2D eigenvalue weighted by molar-refractivity contribution is -0.127. The standard InChI is InChI=1S/C18H25N3O6S/c1-11-8-12(2)10-21(9-11)28(25,26)15-6-4-14(5-7-15)17(23)27-13(3)16(22)20-18(19)24/h4-7,11-13H,8-10H2,1-3H3,(H3,19,20,22,24)/t11-,12-,13+/m1/s1. The van der Waals surface area contributed by atoms with Crippen LogP contribution in [0.15, 0.2) is 29.2 Å². The molecule has 3 amide bonds. The molecule has 1 aromatic rings. The molecular formula is C18H25N3O6S. The highest BCUT2D eigenvalue weighted by Gasteiger charge is 2.31. The lowest BCUT2D eigenvalue weighted by atomic mass is 9.94. The van der Waals surface area contributed by atoms with E-state index in [1.54, 1.807) is 0 Å². The van der Waals surface area contributed by atoms with Crippen molar-refractivity contribution in [3.63, 3.8) is 0 Å². The van der Waals surface area contributed by atoms with Gasteiger partial charge in [0.25, 0.3) is 5.91 Å². The van der Waals surface area contributed by atoms with Crippen LogP contribution in [-0.4, -0.2) is 49.8 Å². The second kappa shape index (κ2) is 8.70. The van der Waals surface area contributed by atoms with Crippen LogP contribution in [-0.2, 0) is 19.6 Å². The predicted octanol–water partition coefficient (Wildman–Crippen LogP) is 1.09. The fourth-order valence-electron chi connectivity index (χ4n) is 3.22. The summed E-state index contributed by atoms with van der Waals surface area (Å²) < 4.78 is 32.1. The van der Waals surface area contributed by atoms with Crippen molar-refractivity contribution in [2.45, 2.75) is 38.2 Å². The van der Waals surface area contributed by atoms with Crippen LogP contribution >= 0.6 is 0 Å². The number of carbonyl (C=O) groups excluding carboxylic acids is 3. The van der Waals surface area contributed by atoms with Gasteiger partial charge in [-0.15, -0.1) is 0 Å². The van der Waals surface area contributed by atoms with Crippen LogP contribution in [0.2, 0.25) is 0 Å². The van der Waals surface area contributed by atoms with E-state index >= 15 is 0 Å². The Kier molecular flexibility index (Phi) is 6.78. The number of nitrogens with two attached hydrogens (primary N) is 1. The van der Waals surface area contributed by atoms with Crippen molar-refractivity contribution >= 4 is 27.9 Å². The third-order valence-corrected chi connectivity index (χ3v) is 6.31. The molecular weight excluding hydrogens is 386 g/mol. The van der Waals surface area contributed by atoms with Crippen LogP contribution < -0.4 is 11.1 Å². The van der Waals surface area contributed by atoms with Gasteiger partial charge in [0.15, 0.2) is 6.10 Å². The lowest BCUT2D eigenvalue weighted by Gasteiger charge is -2.34. The van der Waals surface area contributed by atoms with Crippen LogP contribution in [0.25, 0.3) is 0 Å². The molecule has 0 aromatic heterocycles. The average Bonchev–Trinajstić information content (AvgIpc) is 2.60. The maximum Gasteiger partial charge on any atom is 0.338 e. The Bertz CT molecular complexity index is 843. The van der Waals surface area contributed by atoms with Crippen LogP contribution in [0.3, 0.4) is 0 Å². The number of hydrogen-bond acceptors (Lipinski definition) is 6. The number of hydrogen-bond donors (Lipinski definition) is 2. The van der Waals surface area contributed by atoms with Crippen LogP contribution in [0, 0.1) is 11.8 Å². The molecule has 0 aliphatic carbocycles. The first-order chi connectivity index (χ1) is 13.0. The zero-order valence-corrected chi connectivity index (χ0v) is 16.9. The summed E-state index contributed by atoms with van der Waals surface area (Å²) in [6.07, 6.45) is -0.252. The molecule has 3 N–H and O–H groups in total. The number of amides is 3. The van der Waals surface area contributed by atoms with Crippen molar-refractivity contribution < 1.29 is 27.5 Å². The first-order valence-corrected chi connectivity index (χ1v) is 10.4. The maximum atomic E-state index is 12.8. The van der Waals surface area contributed by atoms with E-state index in [0.29, 0.717) is 13.1 Å². The third kappa shape index (κ3) is 5.29. The molecule has 1 aliphatic heterocycles. The van der Waals surface area contributed by atoms with Crippen molar-refractivity contribution in [2.24, 2.45) is 17.6 Å². The number of carbonyl (C=O) groups is 3. The number of esters is 1. The zero-order valence-electron chi connectivity index (χ0n) is 16.0. The van der Waals surface area contributed by atoms with Crippen LogP contribution in [0.1, 0.15) is 37.6 Å². The van der Waals surface area contributed by atoms with Crippen LogP contribution in [0.4, 0.5) is 4.79 Å². The molecule has 1 fully saturated rings. The number of nitrogens with zero attached hydrogens (tertiary/aromatic N) is 1. The Morgan fingerprint density at radius 3 is 2.18 bits per heavy atom. The largest absolute Gasteiger partial charge is 0.449 e. The number of ether oxygens (including phenoxy) is 1. The third-order valence-electron chi connectivity index (χ3n) is 4.46. The normalized spacial score (nSPS) is 21.5. The highest BCUT2D eigenvalue weighted by Crippen LogP contribution is 2.26. The minimum atomic E-state index is -3.65. The minimum absolute atomic E-state index is 0.0815. The fraction of sp³-hybridized carbons (Fsp3) is 0.500. The second-order valence-electron chi connectivity index (χ2n) is 7.19. The first-order valence-electron chi connectivity index (χ1n) is 8.92. The van der Waals surface area contributed by atoms with Gasteiger partial charge in [0.1, 0.15) is 0 Å². The molecule has 0 spiro atoms. The van der Waals surface area contributed by atoms with Gasteiger partial charge in [-0.3, -0.25) is 10.1 Å². The summed E-state index contributed by atoms with van der Waals surface area (Å²) >= 11 is 0. The number of sulfonamides is 1. The van der Waals surface area contributed by atoms with Crippen molar-refractivity contribution in [3.8, 4) is 0 Å². The first kappa shape index (κ1) is 21.8. The quantitative estimate of drug-likeness (QED) is 0.696. The fourth-order valence-corrected chi connectivity index (χ4v) is 4.90. The SMILES string of the molecule is C[C@@H]1C[C@@H](C)CN(S(=O)(=O)c2ccc(C(=O)O[C@@H](C)C(=O)NC(N)=O)cc2)C1. The topological polar surface area (TPSA) is 136 Å². The van der Waals surface area contributed by atoms with E-state index < -0.39 is 34.0 Å². The lowest BCUT2D eigenvalue weighted by Crippen LogP contribution is -2.42. The summed E-state index contributed by atoms with van der Waals surface area (Å²) in [6.45, 7) is 6.25. The highest BCUT2D eigenvalue weighted by atomic mass is 32.2. The van der Waals surface area contributed by atoms with E-state index in [0.717, 1.165) is 6.42 Å². The number of rotatable bonds is 5. The molecule has 1 aliphatic rings. The Labute approximate surface area is 164 Å².